The first-order valence-electron chi connectivity index (χ1n) is 8.94. The molecule has 0 fully saturated rings. The molecular formula is C20H22N4O4. The van der Waals surface area contributed by atoms with E-state index in [-0.39, 0.29) is 17.1 Å². The molecule has 0 atom stereocenters. The Morgan fingerprint density at radius 3 is 2.68 bits per heavy atom. The molecule has 2 aromatic heterocycles. The highest BCUT2D eigenvalue weighted by atomic mass is 16.5. The van der Waals surface area contributed by atoms with Gasteiger partial charge in [-0.25, -0.2) is 9.78 Å². The summed E-state index contributed by atoms with van der Waals surface area (Å²) in [4.78, 5) is 30.8. The van der Waals surface area contributed by atoms with Gasteiger partial charge in [-0.2, -0.15) is 0 Å². The summed E-state index contributed by atoms with van der Waals surface area (Å²) < 4.78 is 5.92. The van der Waals surface area contributed by atoms with Crippen LogP contribution in [0, 0.1) is 0 Å². The summed E-state index contributed by atoms with van der Waals surface area (Å²) in [6.07, 6.45) is 2.79. The Hall–Kier alpha value is -3.55. The molecule has 0 aliphatic rings. The predicted octanol–water partition coefficient (Wildman–Crippen LogP) is 2.93. The number of rotatable bonds is 8. The van der Waals surface area contributed by atoms with Gasteiger partial charge in [-0.1, -0.05) is 6.07 Å². The Balaban J connectivity index is 1.85. The van der Waals surface area contributed by atoms with Crippen molar-refractivity contribution in [2.45, 2.75) is 20.0 Å². The monoisotopic (exact) mass is 382 g/mol. The normalized spacial score (nSPS) is 10.8. The molecular weight excluding hydrogens is 360 g/mol. The minimum absolute atomic E-state index is 0.125. The number of carboxylic acids is 1. The van der Waals surface area contributed by atoms with E-state index in [1.807, 2.05) is 32.0 Å². The summed E-state index contributed by atoms with van der Waals surface area (Å²) in [5.41, 5.74) is 0.329. The molecule has 3 rings (SSSR count). The number of carbonyl (C=O) groups is 1. The number of hydrogen-bond donors (Lipinski definition) is 4. The van der Waals surface area contributed by atoms with Crippen molar-refractivity contribution in [2.75, 3.05) is 23.7 Å². The first-order valence-corrected chi connectivity index (χ1v) is 8.94. The van der Waals surface area contributed by atoms with Gasteiger partial charge >= 0.3 is 5.97 Å². The number of H-pyrrole nitrogens is 1. The predicted molar refractivity (Wildman–Crippen MR) is 109 cm³/mol. The van der Waals surface area contributed by atoms with Crippen molar-refractivity contribution < 1.29 is 14.6 Å². The molecule has 28 heavy (non-hydrogen) atoms. The Labute approximate surface area is 161 Å². The van der Waals surface area contributed by atoms with E-state index >= 15 is 0 Å². The molecule has 4 N–H and O–H groups in total. The Morgan fingerprint density at radius 1 is 1.21 bits per heavy atom. The molecule has 0 aliphatic heterocycles. The molecule has 0 bridgehead atoms. The third-order valence-electron chi connectivity index (χ3n) is 4.00. The number of fused-ring (bicyclic) bond motifs is 1. The Morgan fingerprint density at radius 2 is 2.00 bits per heavy atom. The Bertz CT molecular complexity index is 1030. The van der Waals surface area contributed by atoms with Crippen molar-refractivity contribution in [1.82, 2.24) is 9.97 Å². The number of pyridine rings is 2. The fraction of sp³-hybridized carbons (Fsp3) is 0.250. The second-order valence-electron chi connectivity index (χ2n) is 6.44. The van der Waals surface area contributed by atoms with Crippen molar-refractivity contribution in [3.8, 4) is 5.75 Å². The number of hydrogen-bond acceptors (Lipinski definition) is 6. The van der Waals surface area contributed by atoms with E-state index in [4.69, 9.17) is 9.84 Å². The minimum Gasteiger partial charge on any atom is -0.487 e. The Kier molecular flexibility index (Phi) is 5.78. The van der Waals surface area contributed by atoms with E-state index in [0.29, 0.717) is 30.0 Å². The summed E-state index contributed by atoms with van der Waals surface area (Å²) in [6.45, 7) is 4.99. The fourth-order valence-corrected chi connectivity index (χ4v) is 2.78. The summed E-state index contributed by atoms with van der Waals surface area (Å²) in [7, 11) is 0. The maximum absolute atomic E-state index is 12.4. The van der Waals surface area contributed by atoms with Gasteiger partial charge in [-0.3, -0.25) is 4.79 Å². The average molecular weight is 382 g/mol. The standard InChI is InChI=1S/C20H22N4O4/c1-12(2)28-19-15(21-9-10-23-16-5-3-4-8-22-16)7-6-13-17(19)24-11-14(18(13)25)20(26)27/h3-8,11-12,21H,9-10H2,1-2H3,(H,22,23)(H,24,25)(H,26,27). The van der Waals surface area contributed by atoms with E-state index in [1.165, 1.54) is 6.20 Å². The topological polar surface area (TPSA) is 116 Å². The number of carboxylic acid groups (broad SMARTS) is 1. The lowest BCUT2D eigenvalue weighted by Gasteiger charge is -2.18. The quantitative estimate of drug-likeness (QED) is 0.443. The van der Waals surface area contributed by atoms with Gasteiger partial charge in [-0.05, 0) is 38.1 Å². The van der Waals surface area contributed by atoms with Crippen LogP contribution in [0.5, 0.6) is 5.75 Å². The van der Waals surface area contributed by atoms with Crippen molar-refractivity contribution in [3.63, 3.8) is 0 Å². The first-order chi connectivity index (χ1) is 13.5. The number of nitrogens with one attached hydrogen (secondary N) is 3. The maximum atomic E-state index is 12.4. The van der Waals surface area contributed by atoms with Crippen molar-refractivity contribution >= 4 is 28.4 Å². The van der Waals surface area contributed by atoms with Gasteiger partial charge in [-0.15, -0.1) is 0 Å². The van der Waals surface area contributed by atoms with Crippen LogP contribution in [0.15, 0.2) is 47.5 Å². The molecule has 3 aromatic rings. The minimum atomic E-state index is -1.27. The van der Waals surface area contributed by atoms with Gasteiger partial charge in [0.05, 0.1) is 22.7 Å². The smallest absolute Gasteiger partial charge is 0.341 e. The second-order valence-corrected chi connectivity index (χ2v) is 6.44. The molecule has 0 amide bonds. The SMILES string of the molecule is CC(C)Oc1c(NCCNc2ccccn2)ccc2c(=O)c(C(=O)O)c[nH]c12. The third kappa shape index (κ3) is 4.22. The zero-order chi connectivity index (χ0) is 20.1. The van der Waals surface area contributed by atoms with Crippen LogP contribution in [0.4, 0.5) is 11.5 Å². The van der Waals surface area contributed by atoms with E-state index in [0.717, 1.165) is 5.82 Å². The van der Waals surface area contributed by atoms with Gasteiger partial charge < -0.3 is 25.5 Å². The van der Waals surface area contributed by atoms with E-state index in [1.54, 1.807) is 18.3 Å². The molecule has 0 spiro atoms. The van der Waals surface area contributed by atoms with E-state index in [9.17, 15) is 9.59 Å². The summed E-state index contributed by atoms with van der Waals surface area (Å²) >= 11 is 0. The number of ether oxygens (including phenoxy) is 1. The zero-order valence-corrected chi connectivity index (χ0v) is 15.7. The lowest BCUT2D eigenvalue weighted by Crippen LogP contribution is -2.18. The van der Waals surface area contributed by atoms with Crippen molar-refractivity contribution in [2.24, 2.45) is 0 Å². The highest BCUT2D eigenvalue weighted by Gasteiger charge is 2.17. The molecule has 1 aromatic carbocycles. The van der Waals surface area contributed by atoms with Gasteiger partial charge in [0.2, 0.25) is 5.43 Å². The fourth-order valence-electron chi connectivity index (χ4n) is 2.78. The number of aromatic nitrogens is 2. The lowest BCUT2D eigenvalue weighted by atomic mass is 10.1. The van der Waals surface area contributed by atoms with Gasteiger partial charge in [0, 0.05) is 25.5 Å². The average Bonchev–Trinajstić information content (AvgIpc) is 2.67. The number of nitrogens with zero attached hydrogens (tertiary/aromatic N) is 1. The molecule has 0 radical (unpaired) electrons. The molecule has 0 saturated heterocycles. The molecule has 2 heterocycles. The molecule has 0 unspecified atom stereocenters. The molecule has 146 valence electrons. The summed E-state index contributed by atoms with van der Waals surface area (Å²) in [5, 5.41) is 15.9. The van der Waals surface area contributed by atoms with Crippen molar-refractivity contribution in [1.29, 1.82) is 0 Å². The first kappa shape index (κ1) is 19.2. The van der Waals surface area contributed by atoms with Crippen LogP contribution >= 0.6 is 0 Å². The molecule has 0 aliphatic carbocycles. The van der Waals surface area contributed by atoms with Gasteiger partial charge in [0.1, 0.15) is 11.4 Å². The van der Waals surface area contributed by atoms with Crippen LogP contribution in [0.2, 0.25) is 0 Å². The van der Waals surface area contributed by atoms with Crippen LogP contribution in [0.25, 0.3) is 10.9 Å². The highest BCUT2D eigenvalue weighted by Crippen LogP contribution is 2.32. The van der Waals surface area contributed by atoms with Crippen LogP contribution < -0.4 is 20.8 Å². The van der Waals surface area contributed by atoms with E-state index < -0.39 is 11.4 Å². The number of benzene rings is 1. The van der Waals surface area contributed by atoms with Crippen LogP contribution in [-0.4, -0.2) is 40.2 Å². The molecule has 0 saturated carbocycles. The largest absolute Gasteiger partial charge is 0.487 e. The molecule has 8 heteroatoms. The maximum Gasteiger partial charge on any atom is 0.341 e. The van der Waals surface area contributed by atoms with Crippen LogP contribution in [-0.2, 0) is 0 Å². The second kappa shape index (κ2) is 8.43. The van der Waals surface area contributed by atoms with Crippen LogP contribution in [0.1, 0.15) is 24.2 Å². The van der Waals surface area contributed by atoms with Gasteiger partial charge in [0.15, 0.2) is 5.75 Å². The molecule has 8 nitrogen and oxygen atoms in total. The summed E-state index contributed by atoms with van der Waals surface area (Å²) in [5.74, 6) is 0.00338. The summed E-state index contributed by atoms with van der Waals surface area (Å²) in [6, 6.07) is 8.96. The number of aromatic carboxylic acids is 1. The van der Waals surface area contributed by atoms with Crippen molar-refractivity contribution in [3.05, 3.63) is 58.5 Å². The lowest BCUT2D eigenvalue weighted by molar-refractivity contribution is 0.0695. The van der Waals surface area contributed by atoms with Gasteiger partial charge in [0.25, 0.3) is 0 Å². The number of aromatic amines is 1. The highest BCUT2D eigenvalue weighted by molar-refractivity contribution is 5.96. The van der Waals surface area contributed by atoms with Crippen LogP contribution in [0.3, 0.4) is 0 Å². The third-order valence-corrected chi connectivity index (χ3v) is 4.00. The zero-order valence-electron chi connectivity index (χ0n) is 15.7. The van der Waals surface area contributed by atoms with E-state index in [2.05, 4.69) is 20.6 Å². The number of anilines is 2.